The molecular weight excluding hydrogens is 249 g/mol. The number of rotatable bonds is 1. The summed E-state index contributed by atoms with van der Waals surface area (Å²) in [5.74, 6) is 2.53. The third-order valence-corrected chi connectivity index (χ3v) is 2.64. The van der Waals surface area contributed by atoms with Gasteiger partial charge in [0.15, 0.2) is 0 Å². The van der Waals surface area contributed by atoms with Gasteiger partial charge in [0.1, 0.15) is 10.3 Å². The number of carbonyl (C=O) groups excluding carboxylic acids is 1. The third-order valence-electron chi connectivity index (χ3n) is 2.25. The molecule has 1 fully saturated rings. The Balaban J connectivity index is 2.32. The fraction of sp³-hybridized carbons (Fsp3) is 0.300. The van der Waals surface area contributed by atoms with Crippen LogP contribution in [0.5, 0.6) is 0 Å². The molecule has 6 heteroatoms. The average molecular weight is 256 g/mol. The van der Waals surface area contributed by atoms with Gasteiger partial charge < -0.3 is 0 Å². The molecule has 1 aliphatic rings. The molecule has 0 bridgehead atoms. The largest absolute Gasteiger partial charge is 0.279 e. The Labute approximate surface area is 103 Å². The highest BCUT2D eigenvalue weighted by Crippen LogP contribution is 2.24. The van der Waals surface area contributed by atoms with E-state index in [0.717, 1.165) is 0 Å². The van der Waals surface area contributed by atoms with Crippen LogP contribution in [0.1, 0.15) is 6.42 Å². The molecule has 0 aromatic carbocycles. The van der Waals surface area contributed by atoms with E-state index in [0.29, 0.717) is 13.0 Å². The summed E-state index contributed by atoms with van der Waals surface area (Å²) in [6, 6.07) is 1.41. The Morgan fingerprint density at radius 1 is 1.44 bits per heavy atom. The first-order chi connectivity index (χ1) is 7.60. The van der Waals surface area contributed by atoms with Gasteiger partial charge in [-0.1, -0.05) is 23.2 Å². The molecule has 0 spiro atoms. The van der Waals surface area contributed by atoms with Crippen molar-refractivity contribution < 1.29 is 4.79 Å². The number of nitrogens with zero attached hydrogens (tertiary/aromatic N) is 3. The molecule has 82 valence electrons. The second-order valence-electron chi connectivity index (χ2n) is 3.39. The first kappa shape index (κ1) is 11.2. The minimum atomic E-state index is -0.110. The molecule has 1 amide bonds. The van der Waals surface area contributed by atoms with Crippen molar-refractivity contribution in [3.05, 3.63) is 16.4 Å². The molecule has 1 aromatic rings. The Morgan fingerprint density at radius 3 is 2.56 bits per heavy atom. The molecule has 1 aliphatic heterocycles. The predicted octanol–water partition coefficient (Wildman–Crippen LogP) is 1.77. The lowest BCUT2D eigenvalue weighted by molar-refractivity contribution is -0.117. The van der Waals surface area contributed by atoms with Crippen molar-refractivity contribution in [1.82, 2.24) is 9.97 Å². The Morgan fingerprint density at radius 2 is 2.06 bits per heavy atom. The van der Waals surface area contributed by atoms with Crippen molar-refractivity contribution >= 4 is 35.1 Å². The van der Waals surface area contributed by atoms with E-state index in [9.17, 15) is 4.79 Å². The van der Waals surface area contributed by atoms with E-state index in [4.69, 9.17) is 29.6 Å². The van der Waals surface area contributed by atoms with Gasteiger partial charge in [-0.2, -0.15) is 0 Å². The smallest absolute Gasteiger partial charge is 0.235 e. The Hall–Kier alpha value is -1.31. The van der Waals surface area contributed by atoms with Crippen LogP contribution in [-0.2, 0) is 4.79 Å². The van der Waals surface area contributed by atoms with E-state index >= 15 is 0 Å². The van der Waals surface area contributed by atoms with Gasteiger partial charge >= 0.3 is 0 Å². The minimum Gasteiger partial charge on any atom is -0.279 e. The van der Waals surface area contributed by atoms with Gasteiger partial charge in [-0.3, -0.25) is 9.69 Å². The summed E-state index contributed by atoms with van der Waals surface area (Å²) in [7, 11) is 0. The molecule has 0 radical (unpaired) electrons. The number of anilines is 1. The summed E-state index contributed by atoms with van der Waals surface area (Å²) in [4.78, 5) is 20.9. The fourth-order valence-corrected chi connectivity index (χ4v) is 1.93. The number of halogens is 2. The number of aromatic nitrogens is 2. The maximum Gasteiger partial charge on any atom is 0.235 e. The molecule has 1 unspecified atom stereocenters. The summed E-state index contributed by atoms with van der Waals surface area (Å²) in [5.41, 5.74) is 0. The molecule has 2 heterocycles. The molecule has 4 nitrogen and oxygen atoms in total. The molecule has 0 saturated carbocycles. The van der Waals surface area contributed by atoms with Crippen molar-refractivity contribution in [3.63, 3.8) is 0 Å². The van der Waals surface area contributed by atoms with Crippen molar-refractivity contribution in [3.8, 4) is 12.3 Å². The van der Waals surface area contributed by atoms with Gasteiger partial charge in [0.25, 0.3) is 0 Å². The Kier molecular flexibility index (Phi) is 2.99. The van der Waals surface area contributed by atoms with E-state index in [-0.39, 0.29) is 28.1 Å². The average Bonchev–Trinajstić information content (AvgIpc) is 2.58. The predicted molar refractivity (Wildman–Crippen MR) is 61.3 cm³/mol. The second kappa shape index (κ2) is 4.28. The van der Waals surface area contributed by atoms with Gasteiger partial charge in [0.05, 0.1) is 0 Å². The standard InChI is InChI=1S/C10H7Cl2N3O/c1-2-6-3-9(16)15(5-6)10-13-7(11)4-8(12)14-10/h1,4,6H,3,5H2. The van der Waals surface area contributed by atoms with Crippen LogP contribution < -0.4 is 4.90 Å². The van der Waals surface area contributed by atoms with Crippen molar-refractivity contribution in [2.45, 2.75) is 6.42 Å². The third kappa shape index (κ3) is 2.11. The van der Waals surface area contributed by atoms with E-state index in [1.807, 2.05) is 0 Å². The van der Waals surface area contributed by atoms with Gasteiger partial charge in [-0.25, -0.2) is 9.97 Å². The highest BCUT2D eigenvalue weighted by atomic mass is 35.5. The van der Waals surface area contributed by atoms with Crippen LogP contribution in [0.4, 0.5) is 5.95 Å². The lowest BCUT2D eigenvalue weighted by Crippen LogP contribution is -2.26. The number of hydrogen-bond acceptors (Lipinski definition) is 3. The molecular formula is C10H7Cl2N3O. The molecule has 0 aliphatic carbocycles. The van der Waals surface area contributed by atoms with E-state index in [1.54, 1.807) is 0 Å². The minimum absolute atomic E-state index is 0.103. The summed E-state index contributed by atoms with van der Waals surface area (Å²) in [6.45, 7) is 0.409. The molecule has 1 atom stereocenters. The fourth-order valence-electron chi connectivity index (χ4n) is 1.51. The number of hydrogen-bond donors (Lipinski definition) is 0. The second-order valence-corrected chi connectivity index (χ2v) is 4.16. The number of amides is 1. The van der Waals surface area contributed by atoms with Crippen LogP contribution >= 0.6 is 23.2 Å². The van der Waals surface area contributed by atoms with Crippen LogP contribution in [0.2, 0.25) is 10.3 Å². The number of carbonyl (C=O) groups is 1. The molecule has 0 N–H and O–H groups in total. The molecule has 1 saturated heterocycles. The van der Waals surface area contributed by atoms with E-state index < -0.39 is 0 Å². The van der Waals surface area contributed by atoms with Crippen molar-refractivity contribution in [1.29, 1.82) is 0 Å². The summed E-state index contributed by atoms with van der Waals surface area (Å²) in [6.07, 6.45) is 5.58. The monoisotopic (exact) mass is 255 g/mol. The lowest BCUT2D eigenvalue weighted by Gasteiger charge is -2.13. The van der Waals surface area contributed by atoms with Gasteiger partial charge in [0.2, 0.25) is 11.9 Å². The van der Waals surface area contributed by atoms with Crippen LogP contribution in [-0.4, -0.2) is 22.4 Å². The zero-order valence-electron chi connectivity index (χ0n) is 8.15. The molecule has 2 rings (SSSR count). The highest BCUT2D eigenvalue weighted by Gasteiger charge is 2.31. The first-order valence-corrected chi connectivity index (χ1v) is 5.32. The van der Waals surface area contributed by atoms with Gasteiger partial charge in [-0.15, -0.1) is 12.3 Å². The maximum absolute atomic E-state index is 11.6. The summed E-state index contributed by atoms with van der Waals surface area (Å²) in [5, 5.41) is 0.402. The van der Waals surface area contributed by atoms with Crippen LogP contribution in [0.3, 0.4) is 0 Å². The lowest BCUT2D eigenvalue weighted by atomic mass is 10.1. The van der Waals surface area contributed by atoms with E-state index in [2.05, 4.69) is 15.9 Å². The zero-order chi connectivity index (χ0) is 11.7. The van der Waals surface area contributed by atoms with Gasteiger partial charge in [-0.05, 0) is 0 Å². The maximum atomic E-state index is 11.6. The van der Waals surface area contributed by atoms with Crippen molar-refractivity contribution in [2.24, 2.45) is 5.92 Å². The summed E-state index contributed by atoms with van der Waals surface area (Å²) < 4.78 is 0. The summed E-state index contributed by atoms with van der Waals surface area (Å²) >= 11 is 11.5. The van der Waals surface area contributed by atoms with Gasteiger partial charge in [0, 0.05) is 24.9 Å². The quantitative estimate of drug-likeness (QED) is 0.568. The zero-order valence-corrected chi connectivity index (χ0v) is 9.66. The molecule has 16 heavy (non-hydrogen) atoms. The normalized spacial score (nSPS) is 19.9. The topological polar surface area (TPSA) is 46.1 Å². The Bertz CT molecular complexity index is 463. The molecule has 1 aromatic heterocycles. The SMILES string of the molecule is C#CC1CC(=O)N(c2nc(Cl)cc(Cl)n2)C1. The van der Waals surface area contributed by atoms with E-state index in [1.165, 1.54) is 11.0 Å². The first-order valence-electron chi connectivity index (χ1n) is 4.56. The van der Waals surface area contributed by atoms with Crippen LogP contribution in [0.25, 0.3) is 0 Å². The highest BCUT2D eigenvalue weighted by molar-refractivity contribution is 6.33. The van der Waals surface area contributed by atoms with Crippen LogP contribution in [0.15, 0.2) is 6.07 Å². The van der Waals surface area contributed by atoms with Crippen molar-refractivity contribution in [2.75, 3.05) is 11.4 Å². The van der Waals surface area contributed by atoms with Crippen LogP contribution in [0, 0.1) is 18.3 Å². The number of terminal acetylenes is 1.